The van der Waals surface area contributed by atoms with Gasteiger partial charge in [-0.2, -0.15) is 0 Å². The first kappa shape index (κ1) is 15.7. The van der Waals surface area contributed by atoms with Gasteiger partial charge in [-0.1, -0.05) is 30.3 Å². The van der Waals surface area contributed by atoms with E-state index < -0.39 is 5.97 Å². The molecule has 0 atom stereocenters. The summed E-state index contributed by atoms with van der Waals surface area (Å²) in [7, 11) is 2.94. The van der Waals surface area contributed by atoms with Gasteiger partial charge in [0.2, 0.25) is 0 Å². The topological polar surface area (TPSA) is 73.3 Å². The Morgan fingerprint density at radius 2 is 1.67 bits per heavy atom. The van der Waals surface area contributed by atoms with Gasteiger partial charge in [-0.25, -0.2) is 14.8 Å². The summed E-state index contributed by atoms with van der Waals surface area (Å²) >= 11 is 0. The van der Waals surface area contributed by atoms with Gasteiger partial charge >= 0.3 is 5.97 Å². The van der Waals surface area contributed by atoms with E-state index in [9.17, 15) is 4.79 Å². The summed E-state index contributed by atoms with van der Waals surface area (Å²) in [6.45, 7) is 0.445. The van der Waals surface area contributed by atoms with Gasteiger partial charge in [-0.3, -0.25) is 0 Å². The number of carbonyl (C=O) groups excluding carboxylic acids is 1. The maximum Gasteiger partial charge on any atom is 0.360 e. The number of hydrogen-bond acceptors (Lipinski definition) is 6. The molecule has 6 heteroatoms. The maximum absolute atomic E-state index is 12.0. The summed E-state index contributed by atoms with van der Waals surface area (Å²) < 4.78 is 10.2. The molecule has 24 heavy (non-hydrogen) atoms. The van der Waals surface area contributed by atoms with E-state index in [4.69, 9.17) is 9.47 Å². The van der Waals surface area contributed by atoms with E-state index in [0.717, 1.165) is 11.3 Å². The molecule has 3 rings (SSSR count). The van der Waals surface area contributed by atoms with Crippen molar-refractivity contribution in [1.82, 2.24) is 9.97 Å². The van der Waals surface area contributed by atoms with Crippen molar-refractivity contribution in [2.24, 2.45) is 0 Å². The number of carbonyl (C=O) groups is 1. The van der Waals surface area contributed by atoms with Crippen LogP contribution in [0.2, 0.25) is 0 Å². The number of esters is 1. The van der Waals surface area contributed by atoms with E-state index in [1.807, 2.05) is 42.5 Å². The number of para-hydroxylation sites is 3. The minimum Gasteiger partial charge on any atom is -0.496 e. The molecule has 0 spiro atoms. The Labute approximate surface area is 139 Å². The molecule has 0 saturated carbocycles. The van der Waals surface area contributed by atoms with Crippen LogP contribution in [0.1, 0.15) is 16.1 Å². The predicted octanol–water partition coefficient (Wildman–Crippen LogP) is 3.04. The number of nitrogens with one attached hydrogen (secondary N) is 1. The molecule has 6 nitrogen and oxygen atoms in total. The van der Waals surface area contributed by atoms with Crippen LogP contribution >= 0.6 is 0 Å². The van der Waals surface area contributed by atoms with Crippen molar-refractivity contribution in [2.75, 3.05) is 19.5 Å². The van der Waals surface area contributed by atoms with Crippen LogP contribution in [-0.4, -0.2) is 30.2 Å². The summed E-state index contributed by atoms with van der Waals surface area (Å²) in [5, 5.41) is 3.16. The number of methoxy groups -OCH3 is 2. The van der Waals surface area contributed by atoms with Crippen molar-refractivity contribution >= 4 is 22.8 Å². The molecule has 0 radical (unpaired) electrons. The molecule has 0 fully saturated rings. The number of rotatable bonds is 5. The number of hydrogen-bond donors (Lipinski definition) is 1. The van der Waals surface area contributed by atoms with E-state index in [0.29, 0.717) is 23.4 Å². The number of ether oxygens (including phenoxy) is 2. The average Bonchev–Trinajstić information content (AvgIpc) is 2.65. The lowest BCUT2D eigenvalue weighted by molar-refractivity contribution is 0.0595. The molecule has 2 aromatic carbocycles. The fourth-order valence-corrected chi connectivity index (χ4v) is 2.39. The van der Waals surface area contributed by atoms with Gasteiger partial charge in [0, 0.05) is 12.1 Å². The van der Waals surface area contributed by atoms with Crippen LogP contribution in [0.3, 0.4) is 0 Å². The number of nitrogens with zero attached hydrogens (tertiary/aromatic N) is 2. The SMILES string of the molecule is COC(=O)c1nc2ccccc2nc1NCc1ccccc1OC. The van der Waals surface area contributed by atoms with Gasteiger partial charge < -0.3 is 14.8 Å². The average molecular weight is 323 g/mol. The Balaban J connectivity index is 1.96. The highest BCUT2D eigenvalue weighted by atomic mass is 16.5. The van der Waals surface area contributed by atoms with Gasteiger partial charge in [0.25, 0.3) is 0 Å². The third-order valence-corrected chi connectivity index (χ3v) is 3.59. The molecule has 0 aliphatic heterocycles. The first-order valence-corrected chi connectivity index (χ1v) is 7.44. The van der Waals surface area contributed by atoms with Crippen LogP contribution in [0, 0.1) is 0 Å². The highest BCUT2D eigenvalue weighted by Gasteiger charge is 2.17. The lowest BCUT2D eigenvalue weighted by Gasteiger charge is -2.12. The lowest BCUT2D eigenvalue weighted by atomic mass is 10.2. The van der Waals surface area contributed by atoms with E-state index in [1.54, 1.807) is 13.2 Å². The van der Waals surface area contributed by atoms with Gasteiger partial charge in [0.05, 0.1) is 25.3 Å². The fraction of sp³-hybridized carbons (Fsp3) is 0.167. The second kappa shape index (κ2) is 6.95. The maximum atomic E-state index is 12.0. The molecule has 0 unspecified atom stereocenters. The molecular weight excluding hydrogens is 306 g/mol. The minimum absolute atomic E-state index is 0.158. The third kappa shape index (κ3) is 3.12. The Morgan fingerprint density at radius 3 is 2.38 bits per heavy atom. The quantitative estimate of drug-likeness (QED) is 0.728. The van der Waals surface area contributed by atoms with Crippen molar-refractivity contribution in [3.8, 4) is 5.75 Å². The first-order valence-electron chi connectivity index (χ1n) is 7.44. The first-order chi connectivity index (χ1) is 11.7. The highest BCUT2D eigenvalue weighted by Crippen LogP contribution is 2.21. The van der Waals surface area contributed by atoms with Crippen LogP contribution in [-0.2, 0) is 11.3 Å². The predicted molar refractivity (Wildman–Crippen MR) is 91.2 cm³/mol. The molecular formula is C18H17N3O3. The molecule has 0 bridgehead atoms. The number of anilines is 1. The second-order valence-corrected chi connectivity index (χ2v) is 5.07. The van der Waals surface area contributed by atoms with Gasteiger partial charge in [0.1, 0.15) is 5.75 Å². The van der Waals surface area contributed by atoms with Crippen molar-refractivity contribution in [3.63, 3.8) is 0 Å². The Kier molecular flexibility index (Phi) is 4.56. The van der Waals surface area contributed by atoms with Crippen LogP contribution in [0.25, 0.3) is 11.0 Å². The van der Waals surface area contributed by atoms with Crippen LogP contribution in [0.5, 0.6) is 5.75 Å². The normalized spacial score (nSPS) is 10.4. The lowest BCUT2D eigenvalue weighted by Crippen LogP contribution is -2.13. The van der Waals surface area contributed by atoms with Crippen LogP contribution in [0.4, 0.5) is 5.82 Å². The number of benzene rings is 2. The summed E-state index contributed by atoms with van der Waals surface area (Å²) in [6, 6.07) is 15.0. The summed E-state index contributed by atoms with van der Waals surface area (Å²) in [4.78, 5) is 20.9. The van der Waals surface area contributed by atoms with Gasteiger partial charge in [-0.05, 0) is 18.2 Å². The zero-order valence-corrected chi connectivity index (χ0v) is 13.4. The van der Waals surface area contributed by atoms with E-state index in [-0.39, 0.29) is 5.69 Å². The third-order valence-electron chi connectivity index (χ3n) is 3.59. The molecule has 3 aromatic rings. The zero-order valence-electron chi connectivity index (χ0n) is 13.4. The molecule has 1 aromatic heterocycles. The smallest absolute Gasteiger partial charge is 0.360 e. The largest absolute Gasteiger partial charge is 0.496 e. The van der Waals surface area contributed by atoms with E-state index in [1.165, 1.54) is 7.11 Å². The van der Waals surface area contributed by atoms with E-state index in [2.05, 4.69) is 15.3 Å². The van der Waals surface area contributed by atoms with Crippen molar-refractivity contribution < 1.29 is 14.3 Å². The number of fused-ring (bicyclic) bond motifs is 1. The minimum atomic E-state index is -0.532. The Bertz CT molecular complexity index is 880. The molecule has 0 aliphatic carbocycles. The zero-order chi connectivity index (χ0) is 16.9. The van der Waals surface area contributed by atoms with Crippen molar-refractivity contribution in [2.45, 2.75) is 6.54 Å². The Hall–Kier alpha value is -3.15. The molecule has 1 N–H and O–H groups in total. The summed E-state index contributed by atoms with van der Waals surface area (Å²) in [6.07, 6.45) is 0. The molecule has 122 valence electrons. The van der Waals surface area contributed by atoms with Gasteiger partial charge in [0.15, 0.2) is 11.5 Å². The molecule has 0 saturated heterocycles. The molecule has 1 heterocycles. The van der Waals surface area contributed by atoms with E-state index >= 15 is 0 Å². The van der Waals surface area contributed by atoms with Crippen LogP contribution < -0.4 is 10.1 Å². The van der Waals surface area contributed by atoms with Crippen LogP contribution in [0.15, 0.2) is 48.5 Å². The van der Waals surface area contributed by atoms with Crippen molar-refractivity contribution in [1.29, 1.82) is 0 Å². The second-order valence-electron chi connectivity index (χ2n) is 5.07. The Morgan fingerprint density at radius 1 is 1.00 bits per heavy atom. The standard InChI is InChI=1S/C18H17N3O3/c1-23-15-10-6-3-7-12(15)11-19-17-16(18(22)24-2)20-13-8-4-5-9-14(13)21-17/h3-10H,11H2,1-2H3,(H,19,21). The van der Waals surface area contributed by atoms with Crippen molar-refractivity contribution in [3.05, 3.63) is 59.8 Å². The highest BCUT2D eigenvalue weighted by molar-refractivity contribution is 5.95. The summed E-state index contributed by atoms with van der Waals surface area (Å²) in [5.41, 5.74) is 2.45. The fourth-order valence-electron chi connectivity index (χ4n) is 2.39. The van der Waals surface area contributed by atoms with Gasteiger partial charge in [-0.15, -0.1) is 0 Å². The summed E-state index contributed by atoms with van der Waals surface area (Å²) in [5.74, 6) is 0.612. The molecule has 0 aliphatic rings. The molecule has 0 amide bonds. The number of aromatic nitrogens is 2. The monoisotopic (exact) mass is 323 g/mol.